The number of carboxylic acid groups (broad SMARTS) is 1. The van der Waals surface area contributed by atoms with Gasteiger partial charge in [0.2, 0.25) is 0 Å². The van der Waals surface area contributed by atoms with E-state index in [1.165, 1.54) is 11.3 Å². The third-order valence-corrected chi connectivity index (χ3v) is 3.42. The summed E-state index contributed by atoms with van der Waals surface area (Å²) in [5.41, 5.74) is 1.69. The number of hydrogen-bond donors (Lipinski definition) is 2. The fraction of sp³-hybridized carbons (Fsp3) is 0.500. The maximum atomic E-state index is 11.7. The third kappa shape index (κ3) is 4.56. The topological polar surface area (TPSA) is 66.4 Å². The molecular weight excluding hydrogens is 238 g/mol. The molecule has 0 fully saturated rings. The van der Waals surface area contributed by atoms with Gasteiger partial charge in [0.15, 0.2) is 0 Å². The average Bonchev–Trinajstić information content (AvgIpc) is 2.69. The highest BCUT2D eigenvalue weighted by Crippen LogP contribution is 2.13. The average molecular weight is 255 g/mol. The Bertz CT molecular complexity index is 400. The second-order valence-electron chi connectivity index (χ2n) is 4.22. The molecule has 17 heavy (non-hydrogen) atoms. The Morgan fingerprint density at radius 3 is 2.71 bits per heavy atom. The number of amides is 1. The number of aryl methyl sites for hydroxylation is 1. The van der Waals surface area contributed by atoms with E-state index in [-0.39, 0.29) is 18.2 Å². The van der Waals surface area contributed by atoms with Crippen molar-refractivity contribution in [3.05, 3.63) is 21.9 Å². The van der Waals surface area contributed by atoms with Crippen molar-refractivity contribution < 1.29 is 14.7 Å². The van der Waals surface area contributed by atoms with Crippen LogP contribution in [0.4, 0.5) is 0 Å². The lowest BCUT2D eigenvalue weighted by atomic mass is 10.1. The minimum absolute atomic E-state index is 0.0778. The van der Waals surface area contributed by atoms with Crippen molar-refractivity contribution in [2.75, 3.05) is 6.54 Å². The highest BCUT2D eigenvalue weighted by molar-refractivity contribution is 7.08. The van der Waals surface area contributed by atoms with Gasteiger partial charge < -0.3 is 10.4 Å². The lowest BCUT2D eigenvalue weighted by molar-refractivity contribution is -0.137. The zero-order chi connectivity index (χ0) is 12.8. The molecule has 0 aliphatic carbocycles. The van der Waals surface area contributed by atoms with Gasteiger partial charge in [-0.05, 0) is 30.2 Å². The fourth-order valence-corrected chi connectivity index (χ4v) is 2.26. The molecule has 0 aromatic carbocycles. The molecule has 0 aliphatic rings. The van der Waals surface area contributed by atoms with Crippen LogP contribution in [0.3, 0.4) is 0 Å². The van der Waals surface area contributed by atoms with E-state index in [0.29, 0.717) is 18.5 Å². The largest absolute Gasteiger partial charge is 0.481 e. The van der Waals surface area contributed by atoms with E-state index in [4.69, 9.17) is 5.11 Å². The Balaban J connectivity index is 2.33. The Morgan fingerprint density at radius 2 is 2.18 bits per heavy atom. The predicted molar refractivity (Wildman–Crippen MR) is 67.4 cm³/mol. The summed E-state index contributed by atoms with van der Waals surface area (Å²) in [5.74, 6) is -0.697. The van der Waals surface area contributed by atoms with Crippen molar-refractivity contribution in [1.82, 2.24) is 5.32 Å². The summed E-state index contributed by atoms with van der Waals surface area (Å²) in [4.78, 5) is 22.1. The Kier molecular flexibility index (Phi) is 5.15. The fourth-order valence-electron chi connectivity index (χ4n) is 1.43. The van der Waals surface area contributed by atoms with Crippen molar-refractivity contribution >= 4 is 23.2 Å². The first-order chi connectivity index (χ1) is 8.00. The standard InChI is InChI=1S/C12H17NO3S/c1-8(3-4-11(14)15)5-13-12(16)10-7-17-6-9(10)2/h6-8H,3-5H2,1-2H3,(H,13,16)(H,14,15). The monoisotopic (exact) mass is 255 g/mol. The number of aliphatic carboxylic acids is 1. The molecule has 1 heterocycles. The van der Waals surface area contributed by atoms with E-state index in [1.54, 1.807) is 0 Å². The first-order valence-electron chi connectivity index (χ1n) is 5.53. The third-order valence-electron chi connectivity index (χ3n) is 2.56. The van der Waals surface area contributed by atoms with Gasteiger partial charge in [-0.25, -0.2) is 0 Å². The van der Waals surface area contributed by atoms with Gasteiger partial charge in [0.1, 0.15) is 0 Å². The Hall–Kier alpha value is -1.36. The molecule has 94 valence electrons. The molecule has 1 aromatic rings. The van der Waals surface area contributed by atoms with E-state index in [9.17, 15) is 9.59 Å². The molecular formula is C12H17NO3S. The van der Waals surface area contributed by atoms with Gasteiger partial charge in [0.05, 0.1) is 5.56 Å². The lowest BCUT2D eigenvalue weighted by Gasteiger charge is -2.11. The molecule has 0 aliphatic heterocycles. The molecule has 1 unspecified atom stereocenters. The van der Waals surface area contributed by atoms with E-state index in [1.807, 2.05) is 24.6 Å². The van der Waals surface area contributed by atoms with Crippen molar-refractivity contribution in [3.8, 4) is 0 Å². The number of rotatable bonds is 6. The van der Waals surface area contributed by atoms with E-state index in [0.717, 1.165) is 5.56 Å². The molecule has 2 N–H and O–H groups in total. The first kappa shape index (κ1) is 13.7. The molecule has 1 amide bonds. The Morgan fingerprint density at radius 1 is 1.47 bits per heavy atom. The minimum atomic E-state index is -0.795. The second kappa shape index (κ2) is 6.39. The van der Waals surface area contributed by atoms with Crippen LogP contribution in [-0.4, -0.2) is 23.5 Å². The van der Waals surface area contributed by atoms with Crippen molar-refractivity contribution in [2.24, 2.45) is 5.92 Å². The van der Waals surface area contributed by atoms with Gasteiger partial charge >= 0.3 is 5.97 Å². The predicted octanol–water partition coefficient (Wildman–Crippen LogP) is 2.29. The van der Waals surface area contributed by atoms with Crippen molar-refractivity contribution in [2.45, 2.75) is 26.7 Å². The van der Waals surface area contributed by atoms with Crippen LogP contribution in [0.5, 0.6) is 0 Å². The van der Waals surface area contributed by atoms with E-state index >= 15 is 0 Å². The van der Waals surface area contributed by atoms with E-state index < -0.39 is 5.97 Å². The van der Waals surface area contributed by atoms with Crippen LogP contribution in [0.15, 0.2) is 10.8 Å². The highest BCUT2D eigenvalue weighted by atomic mass is 32.1. The lowest BCUT2D eigenvalue weighted by Crippen LogP contribution is -2.28. The summed E-state index contributed by atoms with van der Waals surface area (Å²) in [7, 11) is 0. The quantitative estimate of drug-likeness (QED) is 0.819. The summed E-state index contributed by atoms with van der Waals surface area (Å²) < 4.78 is 0. The van der Waals surface area contributed by atoms with Crippen LogP contribution < -0.4 is 5.32 Å². The van der Waals surface area contributed by atoms with Crippen LogP contribution in [0.25, 0.3) is 0 Å². The molecule has 0 saturated carbocycles. The molecule has 1 aromatic heterocycles. The molecule has 0 saturated heterocycles. The molecule has 1 rings (SSSR count). The number of carboxylic acids is 1. The number of carbonyl (C=O) groups excluding carboxylic acids is 1. The maximum absolute atomic E-state index is 11.7. The summed E-state index contributed by atoms with van der Waals surface area (Å²) in [6.07, 6.45) is 0.729. The van der Waals surface area contributed by atoms with Gasteiger partial charge in [-0.1, -0.05) is 6.92 Å². The smallest absolute Gasteiger partial charge is 0.303 e. The molecule has 4 nitrogen and oxygen atoms in total. The molecule has 0 radical (unpaired) electrons. The van der Waals surface area contributed by atoms with Crippen LogP contribution in [0.2, 0.25) is 0 Å². The molecule has 5 heteroatoms. The van der Waals surface area contributed by atoms with Gasteiger partial charge in [0, 0.05) is 18.3 Å². The van der Waals surface area contributed by atoms with Crippen LogP contribution >= 0.6 is 11.3 Å². The Labute approximate surface area is 105 Å². The molecule has 1 atom stereocenters. The summed E-state index contributed by atoms with van der Waals surface area (Å²) in [5, 5.41) is 15.1. The molecule has 0 spiro atoms. The number of carbonyl (C=O) groups is 2. The number of hydrogen-bond acceptors (Lipinski definition) is 3. The zero-order valence-corrected chi connectivity index (χ0v) is 10.8. The number of thiophene rings is 1. The van der Waals surface area contributed by atoms with Crippen LogP contribution in [0, 0.1) is 12.8 Å². The number of nitrogens with one attached hydrogen (secondary N) is 1. The summed E-state index contributed by atoms with van der Waals surface area (Å²) >= 11 is 1.50. The van der Waals surface area contributed by atoms with Crippen molar-refractivity contribution in [1.29, 1.82) is 0 Å². The second-order valence-corrected chi connectivity index (χ2v) is 4.96. The maximum Gasteiger partial charge on any atom is 0.303 e. The zero-order valence-electron chi connectivity index (χ0n) is 10.0. The normalized spacial score (nSPS) is 12.1. The minimum Gasteiger partial charge on any atom is -0.481 e. The summed E-state index contributed by atoms with van der Waals surface area (Å²) in [6.45, 7) is 4.35. The SMILES string of the molecule is Cc1cscc1C(=O)NCC(C)CCC(=O)O. The first-order valence-corrected chi connectivity index (χ1v) is 6.47. The van der Waals surface area contributed by atoms with Gasteiger partial charge in [-0.2, -0.15) is 11.3 Å². The highest BCUT2D eigenvalue weighted by Gasteiger charge is 2.11. The van der Waals surface area contributed by atoms with Gasteiger partial charge in [0.25, 0.3) is 5.91 Å². The van der Waals surface area contributed by atoms with Gasteiger partial charge in [-0.3, -0.25) is 9.59 Å². The summed E-state index contributed by atoms with van der Waals surface area (Å²) in [6, 6.07) is 0. The van der Waals surface area contributed by atoms with Crippen LogP contribution in [0.1, 0.15) is 35.7 Å². The van der Waals surface area contributed by atoms with Gasteiger partial charge in [-0.15, -0.1) is 0 Å². The van der Waals surface area contributed by atoms with E-state index in [2.05, 4.69) is 5.32 Å². The molecule has 0 bridgehead atoms. The van der Waals surface area contributed by atoms with Crippen molar-refractivity contribution in [3.63, 3.8) is 0 Å². The van der Waals surface area contributed by atoms with Crippen LogP contribution in [-0.2, 0) is 4.79 Å².